The number of rotatable bonds is 6. The summed E-state index contributed by atoms with van der Waals surface area (Å²) in [7, 11) is -2.08. The lowest BCUT2D eigenvalue weighted by Crippen LogP contribution is -2.29. The van der Waals surface area contributed by atoms with Gasteiger partial charge in [0.1, 0.15) is 5.75 Å². The smallest absolute Gasteiger partial charge is 0.242 e. The number of aliphatic hydroxyl groups excluding tert-OH is 1. The second-order valence-corrected chi connectivity index (χ2v) is 5.50. The molecule has 0 aliphatic rings. The first kappa shape index (κ1) is 14.0. The molecule has 0 spiro atoms. The molecular formula is C11H17NO4S. The van der Waals surface area contributed by atoms with E-state index in [4.69, 9.17) is 9.84 Å². The van der Waals surface area contributed by atoms with Crippen LogP contribution in [0.5, 0.6) is 5.75 Å². The van der Waals surface area contributed by atoms with Crippen LogP contribution in [0.25, 0.3) is 0 Å². The van der Waals surface area contributed by atoms with Crippen LogP contribution in [0.4, 0.5) is 0 Å². The van der Waals surface area contributed by atoms with E-state index in [1.54, 1.807) is 12.1 Å². The maximum atomic E-state index is 12.0. The van der Waals surface area contributed by atoms with Crippen LogP contribution >= 0.6 is 0 Å². The summed E-state index contributed by atoms with van der Waals surface area (Å²) in [4.78, 5) is 0.192. The number of hydrogen-bond donors (Lipinski definition) is 1. The summed E-state index contributed by atoms with van der Waals surface area (Å²) < 4.78 is 30.3. The van der Waals surface area contributed by atoms with Crippen molar-refractivity contribution in [2.75, 3.05) is 26.8 Å². The minimum atomic E-state index is -3.52. The molecular weight excluding hydrogens is 242 g/mol. The predicted molar refractivity (Wildman–Crippen MR) is 64.5 cm³/mol. The van der Waals surface area contributed by atoms with Crippen LogP contribution < -0.4 is 4.74 Å². The topological polar surface area (TPSA) is 66.8 Å². The van der Waals surface area contributed by atoms with Crippen LogP contribution in [0.2, 0.25) is 0 Å². The highest BCUT2D eigenvalue weighted by Crippen LogP contribution is 2.18. The Balaban J connectivity index is 2.92. The lowest BCUT2D eigenvalue weighted by molar-refractivity contribution is 0.266. The molecule has 1 aromatic carbocycles. The molecule has 5 nitrogen and oxygen atoms in total. The van der Waals surface area contributed by atoms with Crippen molar-refractivity contribution in [2.45, 2.75) is 11.8 Å². The fourth-order valence-corrected chi connectivity index (χ4v) is 2.48. The lowest BCUT2D eigenvalue weighted by atomic mass is 10.3. The number of sulfonamides is 1. The molecule has 0 amide bonds. The molecule has 1 rings (SSSR count). The maximum absolute atomic E-state index is 12.0. The minimum absolute atomic E-state index is 0.0789. The molecule has 0 saturated heterocycles. The van der Waals surface area contributed by atoms with E-state index < -0.39 is 10.0 Å². The predicted octanol–water partition coefficient (Wildman–Crippen LogP) is 0.698. The highest BCUT2D eigenvalue weighted by molar-refractivity contribution is 7.89. The van der Waals surface area contributed by atoms with E-state index in [2.05, 4.69) is 0 Å². The second-order valence-electron chi connectivity index (χ2n) is 3.45. The summed E-state index contributed by atoms with van der Waals surface area (Å²) in [6, 6.07) is 6.22. The molecule has 0 atom stereocenters. The number of benzene rings is 1. The average Bonchev–Trinajstić information content (AvgIpc) is 2.30. The van der Waals surface area contributed by atoms with E-state index in [1.165, 1.54) is 19.2 Å². The summed E-state index contributed by atoms with van der Waals surface area (Å²) in [6.45, 7) is 2.28. The van der Waals surface area contributed by atoms with Crippen molar-refractivity contribution in [3.63, 3.8) is 0 Å². The standard InChI is InChI=1S/C11H17NO4S/c1-3-16-10-4-6-11(7-5-10)17(14,15)12(2)8-9-13/h4-7,13H,3,8-9H2,1-2H3. The third kappa shape index (κ3) is 3.42. The fourth-order valence-electron chi connectivity index (χ4n) is 1.32. The Morgan fingerprint density at radius 2 is 1.88 bits per heavy atom. The molecule has 0 bridgehead atoms. The molecule has 0 aliphatic heterocycles. The minimum Gasteiger partial charge on any atom is -0.494 e. The van der Waals surface area contributed by atoms with E-state index in [1.807, 2.05) is 6.92 Å². The van der Waals surface area contributed by atoms with Gasteiger partial charge in [-0.3, -0.25) is 0 Å². The Hall–Kier alpha value is -1.11. The Labute approximate surface area is 102 Å². The van der Waals surface area contributed by atoms with E-state index in [9.17, 15) is 8.42 Å². The van der Waals surface area contributed by atoms with Gasteiger partial charge in [0.25, 0.3) is 0 Å². The van der Waals surface area contributed by atoms with E-state index >= 15 is 0 Å². The quantitative estimate of drug-likeness (QED) is 0.816. The molecule has 1 aromatic rings. The van der Waals surface area contributed by atoms with Gasteiger partial charge in [-0.25, -0.2) is 8.42 Å². The number of nitrogens with zero attached hydrogens (tertiary/aromatic N) is 1. The summed E-state index contributed by atoms with van der Waals surface area (Å²) in [5, 5.41) is 8.73. The van der Waals surface area contributed by atoms with E-state index in [-0.39, 0.29) is 18.0 Å². The van der Waals surface area contributed by atoms with Gasteiger partial charge < -0.3 is 9.84 Å². The molecule has 0 heterocycles. The Kier molecular flexibility index (Phi) is 4.92. The van der Waals surface area contributed by atoms with Gasteiger partial charge in [-0.1, -0.05) is 0 Å². The molecule has 0 fully saturated rings. The van der Waals surface area contributed by atoms with Crippen molar-refractivity contribution < 1.29 is 18.3 Å². The zero-order valence-corrected chi connectivity index (χ0v) is 10.8. The molecule has 0 saturated carbocycles. The van der Waals surface area contributed by atoms with Crippen LogP contribution in [0.15, 0.2) is 29.2 Å². The van der Waals surface area contributed by atoms with Gasteiger partial charge in [0, 0.05) is 13.6 Å². The highest BCUT2D eigenvalue weighted by atomic mass is 32.2. The molecule has 0 aliphatic carbocycles. The van der Waals surface area contributed by atoms with Crippen molar-refractivity contribution >= 4 is 10.0 Å². The first-order valence-corrected chi connectivity index (χ1v) is 6.76. The summed E-state index contributed by atoms with van der Waals surface area (Å²) >= 11 is 0. The summed E-state index contributed by atoms with van der Waals surface area (Å²) in [6.07, 6.45) is 0. The first-order valence-electron chi connectivity index (χ1n) is 5.32. The van der Waals surface area contributed by atoms with Gasteiger partial charge in [-0.2, -0.15) is 4.31 Å². The van der Waals surface area contributed by atoms with Crippen LogP contribution in [0.1, 0.15) is 6.92 Å². The number of aliphatic hydroxyl groups is 1. The van der Waals surface area contributed by atoms with Crippen molar-refractivity contribution in [3.8, 4) is 5.75 Å². The van der Waals surface area contributed by atoms with Crippen molar-refractivity contribution in [1.82, 2.24) is 4.31 Å². The van der Waals surface area contributed by atoms with E-state index in [0.717, 1.165) is 4.31 Å². The maximum Gasteiger partial charge on any atom is 0.242 e. The monoisotopic (exact) mass is 259 g/mol. The fraction of sp³-hybridized carbons (Fsp3) is 0.455. The zero-order valence-electron chi connectivity index (χ0n) is 9.96. The highest BCUT2D eigenvalue weighted by Gasteiger charge is 2.19. The summed E-state index contributed by atoms with van der Waals surface area (Å²) in [5.74, 6) is 0.635. The van der Waals surface area contributed by atoms with Crippen molar-refractivity contribution in [2.24, 2.45) is 0 Å². The van der Waals surface area contributed by atoms with Crippen molar-refractivity contribution in [3.05, 3.63) is 24.3 Å². The molecule has 0 radical (unpaired) electrons. The third-order valence-electron chi connectivity index (χ3n) is 2.26. The lowest BCUT2D eigenvalue weighted by Gasteiger charge is -2.15. The average molecular weight is 259 g/mol. The van der Waals surface area contributed by atoms with Gasteiger partial charge in [0.2, 0.25) is 10.0 Å². The molecule has 96 valence electrons. The van der Waals surface area contributed by atoms with Crippen molar-refractivity contribution in [1.29, 1.82) is 0 Å². The third-order valence-corrected chi connectivity index (χ3v) is 4.13. The molecule has 17 heavy (non-hydrogen) atoms. The Morgan fingerprint density at radius 1 is 1.29 bits per heavy atom. The van der Waals surface area contributed by atoms with Gasteiger partial charge in [0.05, 0.1) is 18.1 Å². The Bertz CT molecular complexity index is 441. The largest absolute Gasteiger partial charge is 0.494 e. The van der Waals surface area contributed by atoms with Gasteiger partial charge in [-0.05, 0) is 31.2 Å². The van der Waals surface area contributed by atoms with Gasteiger partial charge in [0.15, 0.2) is 0 Å². The number of likely N-dealkylation sites (N-methyl/N-ethyl adjacent to an activating group) is 1. The molecule has 1 N–H and O–H groups in total. The van der Waals surface area contributed by atoms with Gasteiger partial charge >= 0.3 is 0 Å². The second kappa shape index (κ2) is 6.00. The van der Waals surface area contributed by atoms with Crippen LogP contribution in [-0.4, -0.2) is 44.6 Å². The number of ether oxygens (including phenoxy) is 1. The number of hydrogen-bond acceptors (Lipinski definition) is 4. The van der Waals surface area contributed by atoms with Crippen LogP contribution in [0.3, 0.4) is 0 Å². The van der Waals surface area contributed by atoms with Crippen LogP contribution in [-0.2, 0) is 10.0 Å². The first-order chi connectivity index (χ1) is 8.02. The van der Waals surface area contributed by atoms with E-state index in [0.29, 0.717) is 12.4 Å². The normalized spacial score (nSPS) is 11.8. The molecule has 0 aromatic heterocycles. The summed E-state index contributed by atoms with van der Waals surface area (Å²) in [5.41, 5.74) is 0. The van der Waals surface area contributed by atoms with Gasteiger partial charge in [-0.15, -0.1) is 0 Å². The molecule has 0 unspecified atom stereocenters. The van der Waals surface area contributed by atoms with Crippen LogP contribution in [0, 0.1) is 0 Å². The molecule has 6 heteroatoms. The Morgan fingerprint density at radius 3 is 2.35 bits per heavy atom. The zero-order chi connectivity index (χ0) is 12.9. The SMILES string of the molecule is CCOc1ccc(S(=O)(=O)N(C)CCO)cc1.